The number of hydrogen-bond donors (Lipinski definition) is 1. The summed E-state index contributed by atoms with van der Waals surface area (Å²) in [5, 5.41) is 4.88. The number of fused-ring (bicyclic) bond motifs is 2. The number of anilines is 1. The van der Waals surface area contributed by atoms with Crippen LogP contribution < -0.4 is 5.32 Å². The molecular formula is C19H18FN3OS. The van der Waals surface area contributed by atoms with Crippen molar-refractivity contribution in [1.29, 1.82) is 0 Å². The first-order valence-electron chi connectivity index (χ1n) is 8.34. The highest BCUT2D eigenvalue weighted by Gasteiger charge is 2.21. The summed E-state index contributed by atoms with van der Waals surface area (Å²) in [7, 11) is 0. The Bertz CT molecular complexity index is 953. The van der Waals surface area contributed by atoms with Gasteiger partial charge >= 0.3 is 0 Å². The van der Waals surface area contributed by atoms with Gasteiger partial charge in [-0.3, -0.25) is 15.0 Å². The van der Waals surface area contributed by atoms with Crippen molar-refractivity contribution in [3.63, 3.8) is 0 Å². The van der Waals surface area contributed by atoms with Crippen LogP contribution in [0, 0.1) is 5.82 Å². The molecule has 0 unspecified atom stereocenters. The number of nitrogens with zero attached hydrogens (tertiary/aromatic N) is 2. The maximum atomic E-state index is 13.9. The molecule has 0 bridgehead atoms. The molecule has 0 fully saturated rings. The summed E-state index contributed by atoms with van der Waals surface area (Å²) in [4.78, 5) is 20.8. The zero-order valence-electron chi connectivity index (χ0n) is 13.9. The molecule has 0 atom stereocenters. The van der Waals surface area contributed by atoms with Gasteiger partial charge in [0.05, 0.1) is 11.3 Å². The highest BCUT2D eigenvalue weighted by molar-refractivity contribution is 7.15. The Kier molecular flexibility index (Phi) is 4.23. The summed E-state index contributed by atoms with van der Waals surface area (Å²) < 4.78 is 13.9. The van der Waals surface area contributed by atoms with Crippen LogP contribution in [-0.4, -0.2) is 28.9 Å². The lowest BCUT2D eigenvalue weighted by Gasteiger charge is -2.23. The van der Waals surface area contributed by atoms with Crippen LogP contribution in [-0.2, 0) is 13.0 Å². The Hall–Kier alpha value is -2.31. The minimum atomic E-state index is -0.416. The molecule has 4 rings (SSSR count). The second-order valence-electron chi connectivity index (χ2n) is 6.14. The van der Waals surface area contributed by atoms with Crippen LogP contribution in [0.2, 0.25) is 0 Å². The third kappa shape index (κ3) is 3.15. The smallest absolute Gasteiger partial charge is 0.258 e. The largest absolute Gasteiger partial charge is 0.298 e. The lowest BCUT2D eigenvalue weighted by atomic mass is 10.0. The van der Waals surface area contributed by atoms with E-state index in [2.05, 4.69) is 22.1 Å². The Morgan fingerprint density at radius 1 is 1.36 bits per heavy atom. The standard InChI is InChI=1S/C19H18FN3OS/c1-2-23-8-7-16-17(11-23)25-19(21-16)22-18(24)15-10-13(20)9-12-5-3-4-6-14(12)15/h3-6,9-10H,2,7-8,11H2,1H3,(H,21,22,24). The van der Waals surface area contributed by atoms with Crippen molar-refractivity contribution in [1.82, 2.24) is 9.88 Å². The molecule has 1 amide bonds. The molecule has 2 aromatic carbocycles. The molecular weight excluding hydrogens is 337 g/mol. The average Bonchev–Trinajstić information content (AvgIpc) is 3.01. The lowest BCUT2D eigenvalue weighted by Crippen LogP contribution is -2.29. The van der Waals surface area contributed by atoms with Gasteiger partial charge in [0.25, 0.3) is 5.91 Å². The molecule has 0 saturated carbocycles. The fourth-order valence-electron chi connectivity index (χ4n) is 3.20. The maximum Gasteiger partial charge on any atom is 0.258 e. The predicted molar refractivity (Wildman–Crippen MR) is 98.6 cm³/mol. The molecule has 0 saturated heterocycles. The molecule has 1 aliphatic rings. The quantitative estimate of drug-likeness (QED) is 0.770. The Balaban J connectivity index is 1.62. The zero-order chi connectivity index (χ0) is 17.4. The van der Waals surface area contributed by atoms with Crippen LogP contribution in [0.4, 0.5) is 9.52 Å². The molecule has 1 aromatic heterocycles. The molecule has 2 heterocycles. The van der Waals surface area contributed by atoms with Crippen molar-refractivity contribution in [3.05, 3.63) is 58.3 Å². The first-order valence-corrected chi connectivity index (χ1v) is 9.16. The van der Waals surface area contributed by atoms with Crippen LogP contribution in [0.25, 0.3) is 10.8 Å². The highest BCUT2D eigenvalue weighted by atomic mass is 32.1. The Labute approximate surface area is 149 Å². The number of benzene rings is 2. The van der Waals surface area contributed by atoms with Gasteiger partial charge in [0.2, 0.25) is 0 Å². The molecule has 0 spiro atoms. The van der Waals surface area contributed by atoms with E-state index >= 15 is 0 Å². The number of rotatable bonds is 3. The summed E-state index contributed by atoms with van der Waals surface area (Å²) in [6.07, 6.45) is 0.901. The second-order valence-corrected chi connectivity index (χ2v) is 7.22. The van der Waals surface area contributed by atoms with Crippen LogP contribution >= 0.6 is 11.3 Å². The van der Waals surface area contributed by atoms with E-state index in [9.17, 15) is 9.18 Å². The lowest BCUT2D eigenvalue weighted by molar-refractivity contribution is 0.102. The van der Waals surface area contributed by atoms with Gasteiger partial charge in [-0.1, -0.05) is 31.2 Å². The van der Waals surface area contributed by atoms with E-state index in [4.69, 9.17) is 0 Å². The van der Waals surface area contributed by atoms with Crippen molar-refractivity contribution < 1.29 is 9.18 Å². The zero-order valence-corrected chi connectivity index (χ0v) is 14.7. The van der Waals surface area contributed by atoms with Crippen molar-refractivity contribution in [3.8, 4) is 0 Å². The first kappa shape index (κ1) is 16.2. The number of thiazole rings is 1. The van der Waals surface area contributed by atoms with Crippen molar-refractivity contribution in [2.45, 2.75) is 19.9 Å². The van der Waals surface area contributed by atoms with E-state index in [1.807, 2.05) is 18.2 Å². The normalized spacial score (nSPS) is 14.5. The fraction of sp³-hybridized carbons (Fsp3) is 0.263. The predicted octanol–water partition coefficient (Wildman–Crippen LogP) is 4.07. The molecule has 4 nitrogen and oxygen atoms in total. The average molecular weight is 355 g/mol. The number of amides is 1. The van der Waals surface area contributed by atoms with Gasteiger partial charge in [0, 0.05) is 24.4 Å². The van der Waals surface area contributed by atoms with Crippen LogP contribution in [0.3, 0.4) is 0 Å². The third-order valence-electron chi connectivity index (χ3n) is 4.55. The number of hydrogen-bond acceptors (Lipinski definition) is 4. The van der Waals surface area contributed by atoms with Crippen molar-refractivity contribution in [2.24, 2.45) is 0 Å². The number of aromatic nitrogens is 1. The first-order chi connectivity index (χ1) is 12.1. The SMILES string of the molecule is CCN1CCc2nc(NC(=O)c3cc(F)cc4ccccc34)sc2C1. The molecule has 128 valence electrons. The minimum Gasteiger partial charge on any atom is -0.298 e. The summed E-state index contributed by atoms with van der Waals surface area (Å²) in [5.41, 5.74) is 1.40. The van der Waals surface area contributed by atoms with Gasteiger partial charge < -0.3 is 0 Å². The van der Waals surface area contributed by atoms with E-state index in [1.165, 1.54) is 28.3 Å². The van der Waals surface area contributed by atoms with Gasteiger partial charge in [-0.2, -0.15) is 0 Å². The van der Waals surface area contributed by atoms with Crippen molar-refractivity contribution >= 4 is 33.1 Å². The topological polar surface area (TPSA) is 45.2 Å². The minimum absolute atomic E-state index is 0.325. The molecule has 0 aliphatic carbocycles. The number of likely N-dealkylation sites (N-methyl/N-ethyl adjacent to an activating group) is 1. The van der Waals surface area contributed by atoms with Crippen LogP contribution in [0.5, 0.6) is 0 Å². The van der Waals surface area contributed by atoms with Gasteiger partial charge in [0.15, 0.2) is 5.13 Å². The number of nitrogens with one attached hydrogen (secondary N) is 1. The van der Waals surface area contributed by atoms with E-state index < -0.39 is 5.82 Å². The monoisotopic (exact) mass is 355 g/mol. The second kappa shape index (κ2) is 6.54. The summed E-state index contributed by atoms with van der Waals surface area (Å²) >= 11 is 1.51. The van der Waals surface area contributed by atoms with E-state index in [1.54, 1.807) is 6.07 Å². The van der Waals surface area contributed by atoms with Gasteiger partial charge in [-0.15, -0.1) is 11.3 Å². The van der Waals surface area contributed by atoms with Gasteiger partial charge in [-0.05, 0) is 29.4 Å². The van der Waals surface area contributed by atoms with Crippen LogP contribution in [0.15, 0.2) is 36.4 Å². The maximum absolute atomic E-state index is 13.9. The number of halogens is 1. The summed E-state index contributed by atoms with van der Waals surface area (Å²) in [6, 6.07) is 10.0. The molecule has 1 N–H and O–H groups in total. The van der Waals surface area contributed by atoms with E-state index in [-0.39, 0.29) is 5.91 Å². The summed E-state index contributed by atoms with van der Waals surface area (Å²) in [5.74, 6) is -0.741. The van der Waals surface area contributed by atoms with Gasteiger partial charge in [0.1, 0.15) is 5.82 Å². The molecule has 3 aromatic rings. The molecule has 25 heavy (non-hydrogen) atoms. The third-order valence-corrected chi connectivity index (χ3v) is 5.55. The Morgan fingerprint density at radius 2 is 2.20 bits per heavy atom. The Morgan fingerprint density at radius 3 is 3.04 bits per heavy atom. The molecule has 6 heteroatoms. The highest BCUT2D eigenvalue weighted by Crippen LogP contribution is 2.29. The summed E-state index contributed by atoms with van der Waals surface area (Å²) in [6.45, 7) is 5.02. The molecule has 1 aliphatic heterocycles. The van der Waals surface area contributed by atoms with Crippen molar-refractivity contribution in [2.75, 3.05) is 18.4 Å². The number of carbonyl (C=O) groups excluding carboxylic acids is 1. The van der Waals surface area contributed by atoms with Gasteiger partial charge in [-0.25, -0.2) is 9.37 Å². The van der Waals surface area contributed by atoms with Crippen LogP contribution in [0.1, 0.15) is 27.9 Å². The number of carbonyl (C=O) groups is 1. The fourth-order valence-corrected chi connectivity index (χ4v) is 4.24. The van der Waals surface area contributed by atoms with E-state index in [0.717, 1.165) is 37.1 Å². The van der Waals surface area contributed by atoms with E-state index in [0.29, 0.717) is 16.1 Å². The molecule has 0 radical (unpaired) electrons.